The van der Waals surface area contributed by atoms with Crippen LogP contribution in [-0.4, -0.2) is 35.0 Å². The van der Waals surface area contributed by atoms with Crippen LogP contribution in [0.5, 0.6) is 0 Å². The normalized spacial score (nSPS) is 16.0. The lowest BCUT2D eigenvalue weighted by Gasteiger charge is -2.24. The van der Waals surface area contributed by atoms with E-state index in [4.69, 9.17) is 0 Å². The van der Waals surface area contributed by atoms with Gasteiger partial charge >= 0.3 is 12.1 Å². The minimum Gasteiger partial charge on any atom is -0.411 e. The first kappa shape index (κ1) is 21.3. The molecular formula is C26H23N5O3. The number of carbonyl (C=O) groups is 2. The molecule has 0 aromatic heterocycles. The molecule has 5 rings (SSSR count). The van der Waals surface area contributed by atoms with Gasteiger partial charge in [0.25, 0.3) is 0 Å². The van der Waals surface area contributed by atoms with Gasteiger partial charge in [0.05, 0.1) is 11.4 Å². The molecule has 4 amide bonds. The van der Waals surface area contributed by atoms with E-state index in [1.807, 2.05) is 60.7 Å². The molecule has 3 aromatic carbocycles. The number of nitrogens with one attached hydrogen (secondary N) is 2. The zero-order valence-electron chi connectivity index (χ0n) is 18.5. The van der Waals surface area contributed by atoms with Crippen LogP contribution in [0.2, 0.25) is 0 Å². The number of carbonyl (C=O) groups excluding carboxylic acids is 2. The van der Waals surface area contributed by atoms with Gasteiger partial charge in [-0.15, -0.1) is 0 Å². The van der Waals surface area contributed by atoms with Gasteiger partial charge in [-0.3, -0.25) is 4.90 Å². The second-order valence-corrected chi connectivity index (χ2v) is 8.12. The predicted molar refractivity (Wildman–Crippen MR) is 131 cm³/mol. The summed E-state index contributed by atoms with van der Waals surface area (Å²) in [5.41, 5.74) is 8.99. The zero-order valence-corrected chi connectivity index (χ0v) is 18.5. The van der Waals surface area contributed by atoms with E-state index < -0.39 is 12.1 Å². The summed E-state index contributed by atoms with van der Waals surface area (Å²) in [5, 5.41) is 16.5. The van der Waals surface area contributed by atoms with Crippen molar-refractivity contribution >= 4 is 34.7 Å². The molecule has 0 saturated heterocycles. The van der Waals surface area contributed by atoms with Crippen LogP contribution in [0.25, 0.3) is 5.57 Å². The third-order valence-corrected chi connectivity index (χ3v) is 6.04. The maximum absolute atomic E-state index is 13.2. The molecule has 8 nitrogen and oxygen atoms in total. The standard InChI is InChI=1S/C26H23N5O3/c1-30-24-10-6-5-9-20(24)22(17-7-3-2-4-8-17)16-31(26(30)33)28-25(32)27-19-13-11-18-12-14-23(29-34)21(18)15-19/h2-11,13,15-16,34H,12,14H2,1H3,(H2,27,28,32)/b29-23-. The smallest absolute Gasteiger partial charge is 0.347 e. The predicted octanol–water partition coefficient (Wildman–Crippen LogP) is 4.81. The van der Waals surface area contributed by atoms with E-state index in [1.165, 1.54) is 9.91 Å². The Bertz CT molecular complexity index is 1330. The van der Waals surface area contributed by atoms with Crippen LogP contribution in [0.1, 0.15) is 28.7 Å². The van der Waals surface area contributed by atoms with E-state index >= 15 is 0 Å². The molecule has 1 aliphatic heterocycles. The molecule has 2 aliphatic rings. The number of aryl methyl sites for hydroxylation is 1. The lowest BCUT2D eigenvalue weighted by molar-refractivity contribution is 0.201. The number of oxime groups is 1. The minimum absolute atomic E-state index is 0.405. The summed E-state index contributed by atoms with van der Waals surface area (Å²) in [7, 11) is 1.67. The first-order valence-electron chi connectivity index (χ1n) is 10.9. The molecule has 0 saturated carbocycles. The van der Waals surface area contributed by atoms with Crippen LogP contribution in [0.15, 0.2) is 84.2 Å². The molecule has 1 heterocycles. The summed E-state index contributed by atoms with van der Waals surface area (Å²) in [6, 6.07) is 21.8. The molecule has 1 aliphatic carbocycles. The zero-order chi connectivity index (χ0) is 23.7. The number of nitrogens with zero attached hydrogens (tertiary/aromatic N) is 3. The highest BCUT2D eigenvalue weighted by Gasteiger charge is 2.27. The molecule has 0 radical (unpaired) electrons. The van der Waals surface area contributed by atoms with Gasteiger partial charge in [0.1, 0.15) is 0 Å². The van der Waals surface area contributed by atoms with Crippen LogP contribution in [0, 0.1) is 0 Å². The molecule has 0 unspecified atom stereocenters. The summed E-state index contributed by atoms with van der Waals surface area (Å²) in [6.07, 6.45) is 3.09. The number of anilines is 2. The molecule has 8 heteroatoms. The van der Waals surface area contributed by atoms with Crippen LogP contribution in [0.3, 0.4) is 0 Å². The van der Waals surface area contributed by atoms with Crippen LogP contribution in [0.4, 0.5) is 21.0 Å². The van der Waals surface area contributed by atoms with E-state index in [0.717, 1.165) is 39.9 Å². The van der Waals surface area contributed by atoms with E-state index in [0.29, 0.717) is 17.8 Å². The van der Waals surface area contributed by atoms with Gasteiger partial charge in [-0.1, -0.05) is 59.8 Å². The Labute approximate surface area is 196 Å². The molecular weight excluding hydrogens is 430 g/mol. The highest BCUT2D eigenvalue weighted by molar-refractivity contribution is 6.06. The average molecular weight is 454 g/mol. The number of urea groups is 2. The topological polar surface area (TPSA) is 97.3 Å². The summed E-state index contributed by atoms with van der Waals surface area (Å²) < 4.78 is 0. The van der Waals surface area contributed by atoms with Gasteiger partial charge in [0.2, 0.25) is 0 Å². The van der Waals surface area contributed by atoms with Gasteiger partial charge in [-0.25, -0.2) is 20.0 Å². The number of amides is 4. The largest absolute Gasteiger partial charge is 0.411 e. The monoisotopic (exact) mass is 453 g/mol. The van der Waals surface area contributed by atoms with Crippen molar-refractivity contribution in [2.75, 3.05) is 17.3 Å². The SMILES string of the molecule is CN1C(=O)N(NC(=O)Nc2ccc3c(c2)/C(=N\O)CC3)C=C(c2ccccc2)c2ccccc21. The van der Waals surface area contributed by atoms with Gasteiger partial charge in [-0.05, 0) is 42.2 Å². The van der Waals surface area contributed by atoms with Crippen molar-refractivity contribution in [2.45, 2.75) is 12.8 Å². The number of hydrazine groups is 1. The van der Waals surface area contributed by atoms with Crippen molar-refractivity contribution < 1.29 is 14.8 Å². The average Bonchev–Trinajstić information content (AvgIpc) is 3.24. The molecule has 3 aromatic rings. The summed E-state index contributed by atoms with van der Waals surface area (Å²) in [6.45, 7) is 0. The summed E-state index contributed by atoms with van der Waals surface area (Å²) in [5.74, 6) is 0. The number of para-hydroxylation sites is 1. The van der Waals surface area contributed by atoms with E-state index in [9.17, 15) is 14.8 Å². The quantitative estimate of drug-likeness (QED) is 0.392. The Morgan fingerprint density at radius 2 is 1.74 bits per heavy atom. The van der Waals surface area contributed by atoms with Gasteiger partial charge in [-0.2, -0.15) is 0 Å². The molecule has 0 bridgehead atoms. The van der Waals surface area contributed by atoms with Crippen molar-refractivity contribution in [1.29, 1.82) is 0 Å². The number of hydrogen-bond acceptors (Lipinski definition) is 4. The molecule has 170 valence electrons. The van der Waals surface area contributed by atoms with Crippen molar-refractivity contribution in [3.8, 4) is 0 Å². The van der Waals surface area contributed by atoms with Crippen molar-refractivity contribution in [2.24, 2.45) is 5.16 Å². The lowest BCUT2D eigenvalue weighted by Crippen LogP contribution is -2.49. The fourth-order valence-electron chi connectivity index (χ4n) is 4.34. The van der Waals surface area contributed by atoms with Gasteiger partial charge in [0.15, 0.2) is 0 Å². The number of benzene rings is 3. The molecule has 34 heavy (non-hydrogen) atoms. The first-order valence-corrected chi connectivity index (χ1v) is 10.9. The van der Waals surface area contributed by atoms with E-state index in [-0.39, 0.29) is 0 Å². The Kier molecular flexibility index (Phi) is 5.47. The first-order chi connectivity index (χ1) is 16.5. The number of hydrogen-bond donors (Lipinski definition) is 3. The van der Waals surface area contributed by atoms with E-state index in [1.54, 1.807) is 25.4 Å². The highest BCUT2D eigenvalue weighted by Crippen LogP contribution is 2.34. The third kappa shape index (κ3) is 3.86. The third-order valence-electron chi connectivity index (χ3n) is 6.04. The number of fused-ring (bicyclic) bond motifs is 2. The Morgan fingerprint density at radius 3 is 2.53 bits per heavy atom. The van der Waals surface area contributed by atoms with Crippen molar-refractivity contribution in [3.63, 3.8) is 0 Å². The Hall–Kier alpha value is -4.59. The second kappa shape index (κ2) is 8.74. The van der Waals surface area contributed by atoms with Gasteiger partial charge in [0, 0.05) is 35.6 Å². The van der Waals surface area contributed by atoms with Crippen molar-refractivity contribution in [3.05, 3.63) is 101 Å². The Balaban J connectivity index is 1.44. The fraction of sp³-hybridized carbons (Fsp3) is 0.115. The fourth-order valence-corrected chi connectivity index (χ4v) is 4.34. The summed E-state index contributed by atoms with van der Waals surface area (Å²) in [4.78, 5) is 27.6. The van der Waals surface area contributed by atoms with Gasteiger partial charge < -0.3 is 10.5 Å². The maximum Gasteiger partial charge on any atom is 0.347 e. The molecule has 3 N–H and O–H groups in total. The molecule has 0 fully saturated rings. The molecule has 0 spiro atoms. The maximum atomic E-state index is 13.2. The Morgan fingerprint density at radius 1 is 0.971 bits per heavy atom. The second-order valence-electron chi connectivity index (χ2n) is 8.12. The minimum atomic E-state index is -0.572. The van der Waals surface area contributed by atoms with Crippen LogP contribution in [-0.2, 0) is 6.42 Å². The summed E-state index contributed by atoms with van der Waals surface area (Å²) >= 11 is 0. The van der Waals surface area contributed by atoms with Crippen LogP contribution < -0.4 is 15.6 Å². The van der Waals surface area contributed by atoms with E-state index in [2.05, 4.69) is 15.9 Å². The molecule has 0 atom stereocenters. The highest BCUT2D eigenvalue weighted by atomic mass is 16.4. The van der Waals surface area contributed by atoms with Crippen molar-refractivity contribution in [1.82, 2.24) is 10.4 Å². The van der Waals surface area contributed by atoms with Crippen LogP contribution >= 0.6 is 0 Å². The lowest BCUT2D eigenvalue weighted by atomic mass is 9.97. The number of rotatable bonds is 3.